The number of nitrogens with one attached hydrogen (secondary N) is 1. The number of hydrogen-bond donors (Lipinski definition) is 1. The molecule has 5 aromatic rings. The van der Waals surface area contributed by atoms with Gasteiger partial charge in [0.25, 0.3) is 5.91 Å². The zero-order valence-corrected chi connectivity index (χ0v) is 22.7. The molecule has 7 heteroatoms. The number of sulfone groups is 1. The predicted octanol–water partition coefficient (Wildman–Crippen LogP) is 6.12. The fourth-order valence-electron chi connectivity index (χ4n) is 4.55. The van der Waals surface area contributed by atoms with E-state index in [0.29, 0.717) is 17.7 Å². The van der Waals surface area contributed by atoms with Crippen LogP contribution in [0.2, 0.25) is 0 Å². The van der Waals surface area contributed by atoms with Crippen LogP contribution in [-0.4, -0.2) is 35.8 Å². The van der Waals surface area contributed by atoms with Gasteiger partial charge in [0.15, 0.2) is 0 Å². The summed E-state index contributed by atoms with van der Waals surface area (Å²) in [7, 11) is -3.17. The van der Waals surface area contributed by atoms with Gasteiger partial charge in [-0.25, -0.2) is 8.42 Å². The SMILES string of the molecule is CC(Cc1cc(-c2cccc(C(=O)Nc3ccc(Cc4ccncc4)cc3)c2)c2ncccc2c1)S(C)(=O)=O. The summed E-state index contributed by atoms with van der Waals surface area (Å²) in [6.07, 6.45) is 7.75. The summed E-state index contributed by atoms with van der Waals surface area (Å²) in [4.78, 5) is 21.8. The predicted molar refractivity (Wildman–Crippen MR) is 157 cm³/mol. The van der Waals surface area contributed by atoms with Crippen molar-refractivity contribution in [1.29, 1.82) is 0 Å². The van der Waals surface area contributed by atoms with Gasteiger partial charge in [-0.15, -0.1) is 0 Å². The molecular weight excluding hydrogens is 506 g/mol. The molecule has 3 aromatic carbocycles. The highest BCUT2D eigenvalue weighted by Gasteiger charge is 2.17. The number of hydrogen-bond acceptors (Lipinski definition) is 5. The Balaban J connectivity index is 1.39. The molecule has 1 unspecified atom stereocenters. The third-order valence-corrected chi connectivity index (χ3v) is 8.45. The van der Waals surface area contributed by atoms with Crippen molar-refractivity contribution in [3.8, 4) is 11.1 Å². The van der Waals surface area contributed by atoms with Gasteiger partial charge in [0.2, 0.25) is 0 Å². The van der Waals surface area contributed by atoms with Crippen LogP contribution in [0.4, 0.5) is 5.69 Å². The van der Waals surface area contributed by atoms with Crippen LogP contribution >= 0.6 is 0 Å². The second-order valence-electron chi connectivity index (χ2n) is 9.83. The van der Waals surface area contributed by atoms with Crippen LogP contribution in [0.25, 0.3) is 22.0 Å². The third kappa shape index (κ3) is 6.38. The molecule has 0 bridgehead atoms. The molecule has 6 nitrogen and oxygen atoms in total. The second kappa shape index (κ2) is 11.2. The van der Waals surface area contributed by atoms with Crippen LogP contribution < -0.4 is 5.32 Å². The fourth-order valence-corrected chi connectivity index (χ4v) is 5.04. The van der Waals surface area contributed by atoms with Gasteiger partial charge in [0, 0.05) is 47.0 Å². The Morgan fingerprint density at radius 2 is 1.59 bits per heavy atom. The first-order valence-corrected chi connectivity index (χ1v) is 14.7. The summed E-state index contributed by atoms with van der Waals surface area (Å²) >= 11 is 0. The largest absolute Gasteiger partial charge is 0.322 e. The van der Waals surface area contributed by atoms with E-state index in [0.717, 1.165) is 39.6 Å². The number of anilines is 1. The first-order valence-electron chi connectivity index (χ1n) is 12.7. The number of fused-ring (bicyclic) bond motifs is 1. The van der Waals surface area contributed by atoms with Crippen molar-refractivity contribution < 1.29 is 13.2 Å². The van der Waals surface area contributed by atoms with Gasteiger partial charge in [-0.1, -0.05) is 30.3 Å². The Hall–Kier alpha value is -4.36. The molecule has 2 heterocycles. The Kier molecular flexibility index (Phi) is 7.52. The molecule has 2 aromatic heterocycles. The summed E-state index contributed by atoms with van der Waals surface area (Å²) < 4.78 is 24.1. The molecular formula is C32H29N3O3S. The number of rotatable bonds is 8. The minimum absolute atomic E-state index is 0.210. The van der Waals surface area contributed by atoms with Crippen molar-refractivity contribution in [3.63, 3.8) is 0 Å². The number of pyridine rings is 2. The van der Waals surface area contributed by atoms with Crippen molar-refractivity contribution in [3.05, 3.63) is 126 Å². The van der Waals surface area contributed by atoms with Crippen LogP contribution in [0.5, 0.6) is 0 Å². The van der Waals surface area contributed by atoms with Gasteiger partial charge in [-0.05, 0) is 96.6 Å². The van der Waals surface area contributed by atoms with Crippen molar-refractivity contribution in [2.24, 2.45) is 0 Å². The standard InChI is InChI=1S/C32H29N3O3S/c1-22(39(2,37)38)17-25-19-27-7-4-14-34-31(27)30(20-25)26-5-3-6-28(21-26)32(36)35-29-10-8-23(9-11-29)18-24-12-15-33-16-13-24/h3-16,19-22H,17-18H2,1-2H3,(H,35,36). The lowest BCUT2D eigenvalue weighted by Gasteiger charge is -2.14. The van der Waals surface area contributed by atoms with Crippen LogP contribution in [0.15, 0.2) is 104 Å². The summed E-state index contributed by atoms with van der Waals surface area (Å²) in [5, 5.41) is 3.40. The Bertz CT molecular complexity index is 1730. The van der Waals surface area contributed by atoms with Crippen molar-refractivity contribution in [2.45, 2.75) is 25.0 Å². The third-order valence-electron chi connectivity index (χ3n) is 6.82. The van der Waals surface area contributed by atoms with E-state index in [1.165, 1.54) is 11.8 Å². The van der Waals surface area contributed by atoms with Gasteiger partial charge in [0.05, 0.1) is 10.8 Å². The second-order valence-corrected chi connectivity index (χ2v) is 12.3. The van der Waals surface area contributed by atoms with Gasteiger partial charge >= 0.3 is 0 Å². The number of carbonyl (C=O) groups excluding carboxylic acids is 1. The van der Waals surface area contributed by atoms with E-state index in [4.69, 9.17) is 0 Å². The molecule has 1 atom stereocenters. The molecule has 0 aliphatic carbocycles. The molecule has 39 heavy (non-hydrogen) atoms. The monoisotopic (exact) mass is 535 g/mol. The summed E-state index contributed by atoms with van der Waals surface area (Å²) in [5.74, 6) is -0.210. The Morgan fingerprint density at radius 3 is 2.33 bits per heavy atom. The van der Waals surface area contributed by atoms with E-state index in [1.807, 2.05) is 78.9 Å². The number of aromatic nitrogens is 2. The first kappa shape index (κ1) is 26.3. The van der Waals surface area contributed by atoms with Crippen molar-refractivity contribution in [2.75, 3.05) is 11.6 Å². The number of amides is 1. The highest BCUT2D eigenvalue weighted by Crippen LogP contribution is 2.30. The van der Waals surface area contributed by atoms with Crippen LogP contribution in [0.1, 0.15) is 34.0 Å². The lowest BCUT2D eigenvalue weighted by molar-refractivity contribution is 0.102. The minimum atomic E-state index is -3.17. The van der Waals surface area contributed by atoms with E-state index in [9.17, 15) is 13.2 Å². The van der Waals surface area contributed by atoms with E-state index >= 15 is 0 Å². The zero-order valence-electron chi connectivity index (χ0n) is 21.8. The maximum Gasteiger partial charge on any atom is 0.255 e. The molecule has 0 spiro atoms. The van der Waals surface area contributed by atoms with Crippen LogP contribution in [0, 0.1) is 0 Å². The fraction of sp³-hybridized carbons (Fsp3) is 0.156. The zero-order chi connectivity index (χ0) is 27.4. The highest BCUT2D eigenvalue weighted by molar-refractivity contribution is 7.91. The van der Waals surface area contributed by atoms with E-state index in [1.54, 1.807) is 31.6 Å². The van der Waals surface area contributed by atoms with Gasteiger partial charge < -0.3 is 5.32 Å². The number of carbonyl (C=O) groups is 1. The normalized spacial score (nSPS) is 12.3. The molecule has 0 fully saturated rings. The molecule has 0 aliphatic rings. The minimum Gasteiger partial charge on any atom is -0.322 e. The first-order chi connectivity index (χ1) is 18.8. The quantitative estimate of drug-likeness (QED) is 0.259. The van der Waals surface area contributed by atoms with Gasteiger partial charge in [0.1, 0.15) is 9.84 Å². The van der Waals surface area contributed by atoms with Crippen molar-refractivity contribution in [1.82, 2.24) is 9.97 Å². The average Bonchev–Trinajstić information content (AvgIpc) is 2.94. The van der Waals surface area contributed by atoms with E-state index in [-0.39, 0.29) is 5.91 Å². The lowest BCUT2D eigenvalue weighted by atomic mass is 9.96. The topological polar surface area (TPSA) is 89.0 Å². The molecule has 196 valence electrons. The maximum atomic E-state index is 13.2. The Morgan fingerprint density at radius 1 is 0.846 bits per heavy atom. The lowest BCUT2D eigenvalue weighted by Crippen LogP contribution is -2.18. The van der Waals surface area contributed by atoms with Crippen molar-refractivity contribution >= 4 is 32.3 Å². The van der Waals surface area contributed by atoms with Crippen LogP contribution in [0.3, 0.4) is 0 Å². The summed E-state index contributed by atoms with van der Waals surface area (Å²) in [5.41, 5.74) is 6.97. The molecule has 0 saturated heterocycles. The molecule has 0 saturated carbocycles. The highest BCUT2D eigenvalue weighted by atomic mass is 32.2. The molecule has 0 aliphatic heterocycles. The number of nitrogens with zero attached hydrogens (tertiary/aromatic N) is 2. The van der Waals surface area contributed by atoms with Gasteiger partial charge in [-0.2, -0.15) is 0 Å². The summed E-state index contributed by atoms with van der Waals surface area (Å²) in [6, 6.07) is 27.0. The van der Waals surface area contributed by atoms with Crippen LogP contribution in [-0.2, 0) is 22.7 Å². The molecule has 1 N–H and O–H groups in total. The molecule has 1 amide bonds. The summed E-state index contributed by atoms with van der Waals surface area (Å²) in [6.45, 7) is 1.72. The van der Waals surface area contributed by atoms with Gasteiger partial charge in [-0.3, -0.25) is 14.8 Å². The number of benzene rings is 3. The maximum absolute atomic E-state index is 13.2. The van der Waals surface area contributed by atoms with E-state index in [2.05, 4.69) is 15.3 Å². The average molecular weight is 536 g/mol. The van der Waals surface area contributed by atoms with E-state index < -0.39 is 15.1 Å². The Labute approximate surface area is 228 Å². The molecule has 0 radical (unpaired) electrons. The molecule has 5 rings (SSSR count). The smallest absolute Gasteiger partial charge is 0.255 e.